The molecule has 2 heteroatoms. The molecule has 3 aliphatic rings. The van der Waals surface area contributed by atoms with Gasteiger partial charge in [-0.3, -0.25) is 0 Å². The first-order chi connectivity index (χ1) is 24.8. The van der Waals surface area contributed by atoms with E-state index in [0.717, 1.165) is 34.6 Å². The second-order valence-corrected chi connectivity index (χ2v) is 15.3. The number of aromatic nitrogens is 2. The van der Waals surface area contributed by atoms with Crippen molar-refractivity contribution in [2.45, 2.75) is 44.9 Å². The van der Waals surface area contributed by atoms with Gasteiger partial charge < -0.3 is 0 Å². The van der Waals surface area contributed by atoms with Crippen LogP contribution in [0.4, 0.5) is 0 Å². The number of hydrogen-bond acceptors (Lipinski definition) is 2. The third-order valence-corrected chi connectivity index (χ3v) is 11.8. The summed E-state index contributed by atoms with van der Waals surface area (Å²) in [6.07, 6.45) is 5.29. The predicted octanol–water partition coefficient (Wildman–Crippen LogP) is 12.2. The average molecular weight is 655 g/mol. The summed E-state index contributed by atoms with van der Waals surface area (Å²) in [6.45, 7) is 9.58. The maximum absolute atomic E-state index is 5.32. The van der Waals surface area contributed by atoms with E-state index in [-0.39, 0.29) is 10.8 Å². The molecular weight excluding hydrogens is 617 g/mol. The Bertz CT molecular complexity index is 2590. The smallest absolute Gasteiger partial charge is 0.159 e. The van der Waals surface area contributed by atoms with Crippen LogP contribution in [0.5, 0.6) is 0 Å². The van der Waals surface area contributed by atoms with E-state index < -0.39 is 0 Å². The topological polar surface area (TPSA) is 25.8 Å². The standard InChI is InChI=1S/C49H38N2/c1-48(2)41-22-14-12-20-37(41)44-42(48)26-23-32-27-33(39-29-50-47(31-17-9-6-10-18-31)51-46(39)30-15-7-5-8-16-30)28-38-35(43(32)44)24-25-36-34-19-11-13-21-40(34)49(3,4)45(36)38/h5-27,29H,28H2,1-4H3. The number of allylic oxidation sites excluding steroid dienone is 1. The summed E-state index contributed by atoms with van der Waals surface area (Å²) in [6, 6.07) is 48.5. The zero-order valence-electron chi connectivity index (χ0n) is 29.5. The molecule has 0 fully saturated rings. The maximum Gasteiger partial charge on any atom is 0.159 e. The first-order valence-electron chi connectivity index (χ1n) is 18.0. The van der Waals surface area contributed by atoms with Gasteiger partial charge in [0.05, 0.1) is 5.69 Å². The fraction of sp³-hybridized carbons (Fsp3) is 0.143. The van der Waals surface area contributed by atoms with Gasteiger partial charge in [-0.2, -0.15) is 0 Å². The Morgan fingerprint density at radius 3 is 1.86 bits per heavy atom. The summed E-state index contributed by atoms with van der Waals surface area (Å²) in [5.41, 5.74) is 21.5. The molecule has 1 heterocycles. The normalized spacial score (nSPS) is 15.4. The molecule has 0 radical (unpaired) electrons. The van der Waals surface area contributed by atoms with Crippen molar-refractivity contribution < 1.29 is 0 Å². The van der Waals surface area contributed by atoms with Crippen molar-refractivity contribution in [3.05, 3.63) is 179 Å². The molecule has 0 aliphatic heterocycles. The van der Waals surface area contributed by atoms with Gasteiger partial charge in [0.15, 0.2) is 5.82 Å². The summed E-state index contributed by atoms with van der Waals surface area (Å²) in [5.74, 6) is 0.738. The number of benzene rings is 6. The van der Waals surface area contributed by atoms with Crippen LogP contribution in [0.1, 0.15) is 66.6 Å². The van der Waals surface area contributed by atoms with Gasteiger partial charge in [-0.15, -0.1) is 0 Å². The third kappa shape index (κ3) is 4.29. The molecule has 244 valence electrons. The predicted molar refractivity (Wildman–Crippen MR) is 211 cm³/mol. The zero-order valence-corrected chi connectivity index (χ0v) is 29.5. The summed E-state index contributed by atoms with van der Waals surface area (Å²) in [4.78, 5) is 10.4. The molecule has 0 atom stereocenters. The highest BCUT2D eigenvalue weighted by atomic mass is 14.9. The summed E-state index contributed by atoms with van der Waals surface area (Å²) in [7, 11) is 0. The quantitative estimate of drug-likeness (QED) is 0.189. The minimum Gasteiger partial charge on any atom is -0.236 e. The molecule has 3 aliphatic carbocycles. The van der Waals surface area contributed by atoms with Crippen molar-refractivity contribution in [2.24, 2.45) is 0 Å². The fourth-order valence-electron chi connectivity index (χ4n) is 9.38. The van der Waals surface area contributed by atoms with Crippen molar-refractivity contribution in [1.29, 1.82) is 0 Å². The Balaban J connectivity index is 1.29. The second-order valence-electron chi connectivity index (χ2n) is 15.3. The Kier molecular flexibility index (Phi) is 6.36. The molecule has 51 heavy (non-hydrogen) atoms. The van der Waals surface area contributed by atoms with Gasteiger partial charge in [0.25, 0.3) is 0 Å². The van der Waals surface area contributed by atoms with Gasteiger partial charge in [0.1, 0.15) is 0 Å². The Morgan fingerprint density at radius 2 is 1.12 bits per heavy atom. The molecule has 0 bridgehead atoms. The monoisotopic (exact) mass is 654 g/mol. The van der Waals surface area contributed by atoms with E-state index in [9.17, 15) is 0 Å². The molecule has 0 N–H and O–H groups in total. The third-order valence-electron chi connectivity index (χ3n) is 11.8. The van der Waals surface area contributed by atoms with E-state index in [1.54, 1.807) is 0 Å². The van der Waals surface area contributed by atoms with Crippen LogP contribution in [-0.2, 0) is 17.3 Å². The van der Waals surface area contributed by atoms with E-state index in [2.05, 4.69) is 167 Å². The molecule has 0 amide bonds. The van der Waals surface area contributed by atoms with E-state index in [1.165, 1.54) is 72.3 Å². The average Bonchev–Trinajstić information content (AvgIpc) is 3.45. The first-order valence-corrected chi connectivity index (χ1v) is 18.0. The largest absolute Gasteiger partial charge is 0.236 e. The van der Waals surface area contributed by atoms with Crippen molar-refractivity contribution in [2.75, 3.05) is 0 Å². The molecule has 10 rings (SSSR count). The number of nitrogens with zero attached hydrogens (tertiary/aromatic N) is 2. The molecule has 0 saturated heterocycles. The van der Waals surface area contributed by atoms with E-state index in [0.29, 0.717) is 0 Å². The Labute approximate surface area is 300 Å². The molecule has 6 aromatic carbocycles. The minimum atomic E-state index is -0.155. The lowest BCUT2D eigenvalue weighted by Crippen LogP contribution is -2.18. The van der Waals surface area contributed by atoms with Crippen LogP contribution in [0.25, 0.3) is 67.7 Å². The Hall–Kier alpha value is -5.86. The minimum absolute atomic E-state index is 0.0895. The summed E-state index contributed by atoms with van der Waals surface area (Å²) < 4.78 is 0. The van der Waals surface area contributed by atoms with Gasteiger partial charge in [0, 0.05) is 33.7 Å². The van der Waals surface area contributed by atoms with Crippen molar-refractivity contribution >= 4 is 11.6 Å². The van der Waals surface area contributed by atoms with Crippen molar-refractivity contribution in [1.82, 2.24) is 9.97 Å². The van der Waals surface area contributed by atoms with Crippen LogP contribution in [0.2, 0.25) is 0 Å². The summed E-state index contributed by atoms with van der Waals surface area (Å²) >= 11 is 0. The molecule has 0 saturated carbocycles. The highest BCUT2D eigenvalue weighted by molar-refractivity contribution is 6.04. The van der Waals surface area contributed by atoms with Gasteiger partial charge in [0.2, 0.25) is 0 Å². The Morgan fingerprint density at radius 1 is 0.490 bits per heavy atom. The highest BCUT2D eigenvalue weighted by Crippen LogP contribution is 2.58. The lowest BCUT2D eigenvalue weighted by molar-refractivity contribution is 0.654. The van der Waals surface area contributed by atoms with Crippen LogP contribution in [0, 0.1) is 0 Å². The molecule has 7 aromatic rings. The molecular formula is C49H38N2. The molecule has 0 unspecified atom stereocenters. The number of hydrogen-bond donors (Lipinski definition) is 0. The van der Waals surface area contributed by atoms with Gasteiger partial charge >= 0.3 is 0 Å². The van der Waals surface area contributed by atoms with Gasteiger partial charge in [-0.25, -0.2) is 9.97 Å². The van der Waals surface area contributed by atoms with Crippen LogP contribution >= 0.6 is 0 Å². The van der Waals surface area contributed by atoms with Gasteiger partial charge in [-0.05, 0) is 78.8 Å². The molecule has 1 aromatic heterocycles. The van der Waals surface area contributed by atoms with Crippen LogP contribution in [-0.4, -0.2) is 9.97 Å². The van der Waals surface area contributed by atoms with Crippen LogP contribution in [0.15, 0.2) is 140 Å². The maximum atomic E-state index is 5.32. The molecule has 2 nitrogen and oxygen atoms in total. The molecule has 0 spiro atoms. The van der Waals surface area contributed by atoms with Gasteiger partial charge in [-0.1, -0.05) is 167 Å². The highest BCUT2D eigenvalue weighted by Gasteiger charge is 2.42. The van der Waals surface area contributed by atoms with Crippen molar-refractivity contribution in [3.8, 4) is 56.0 Å². The number of rotatable bonds is 3. The van der Waals surface area contributed by atoms with Crippen molar-refractivity contribution in [3.63, 3.8) is 0 Å². The SMILES string of the molecule is CC1(C)c2ccccc2-c2c1ccc1c2-c2ccc3c(c2CC(c2cnc(-c4ccccc4)nc2-c2ccccc2)=C1)C(C)(C)c1ccccc1-3. The number of fused-ring (bicyclic) bond motifs is 11. The first kappa shape index (κ1) is 30.0. The van der Waals surface area contributed by atoms with Crippen LogP contribution < -0.4 is 0 Å². The lowest BCUT2D eigenvalue weighted by atomic mass is 9.76. The summed E-state index contributed by atoms with van der Waals surface area (Å²) in [5, 5.41) is 0. The van der Waals surface area contributed by atoms with E-state index in [1.807, 2.05) is 6.07 Å². The fourth-order valence-corrected chi connectivity index (χ4v) is 9.38. The van der Waals surface area contributed by atoms with Crippen LogP contribution in [0.3, 0.4) is 0 Å². The van der Waals surface area contributed by atoms with E-state index in [4.69, 9.17) is 9.97 Å². The zero-order chi connectivity index (χ0) is 34.5. The second kappa shape index (κ2) is 10.8. The van der Waals surface area contributed by atoms with E-state index >= 15 is 0 Å². The lowest BCUT2D eigenvalue weighted by Gasteiger charge is -2.27.